The number of thioether (sulfide) groups is 1. The van der Waals surface area contributed by atoms with Crippen molar-refractivity contribution < 1.29 is 0 Å². The molecule has 0 aliphatic carbocycles. The van der Waals surface area contributed by atoms with Crippen molar-refractivity contribution in [2.24, 2.45) is 0 Å². The molecule has 0 nitrogen and oxygen atoms in total. The lowest BCUT2D eigenvalue weighted by atomic mass is 10.4. The number of thiophene rings is 1. The van der Waals surface area contributed by atoms with Gasteiger partial charge in [-0.3, -0.25) is 0 Å². The summed E-state index contributed by atoms with van der Waals surface area (Å²) in [4.78, 5) is 1.38. The van der Waals surface area contributed by atoms with Crippen LogP contribution in [-0.4, -0.2) is 4.16 Å². The van der Waals surface area contributed by atoms with Gasteiger partial charge in [-0.15, -0.1) is 11.8 Å². The average Bonchev–Trinajstić information content (AvgIpc) is 2.40. The van der Waals surface area contributed by atoms with E-state index in [4.69, 9.17) is 0 Å². The fourth-order valence-corrected chi connectivity index (χ4v) is 3.64. The Morgan fingerprint density at radius 3 is 3.09 bits per heavy atom. The van der Waals surface area contributed by atoms with Gasteiger partial charge in [-0.05, 0) is 17.9 Å². The molecule has 0 radical (unpaired) electrons. The molecule has 1 rings (SSSR count). The van der Waals surface area contributed by atoms with E-state index in [0.29, 0.717) is 4.16 Å². The predicted octanol–water partition coefficient (Wildman–Crippen LogP) is 4.36. The maximum atomic E-state index is 3.63. The van der Waals surface area contributed by atoms with Crippen molar-refractivity contribution in [3.05, 3.63) is 16.8 Å². The average molecular weight is 251 g/mol. The molecule has 0 saturated carbocycles. The molecule has 11 heavy (non-hydrogen) atoms. The highest BCUT2D eigenvalue weighted by atomic mass is 79.9. The van der Waals surface area contributed by atoms with Gasteiger partial charge in [0.15, 0.2) is 0 Å². The van der Waals surface area contributed by atoms with Gasteiger partial charge in [-0.25, -0.2) is 0 Å². The van der Waals surface area contributed by atoms with Crippen molar-refractivity contribution in [1.82, 2.24) is 0 Å². The molecular formula is C8H11BrS2. The Balaban J connectivity index is 2.31. The molecule has 3 heteroatoms. The van der Waals surface area contributed by atoms with Gasteiger partial charge in [0.05, 0.1) is 4.16 Å². The second-order valence-corrected chi connectivity index (χ2v) is 6.04. The SMILES string of the molecule is CCCC(Br)Sc1ccsc1. The Morgan fingerprint density at radius 2 is 2.55 bits per heavy atom. The summed E-state index contributed by atoms with van der Waals surface area (Å²) in [5, 5.41) is 4.31. The van der Waals surface area contributed by atoms with Gasteiger partial charge in [-0.1, -0.05) is 29.3 Å². The third-order valence-corrected chi connectivity index (χ3v) is 4.14. The van der Waals surface area contributed by atoms with E-state index < -0.39 is 0 Å². The minimum absolute atomic E-state index is 0.585. The number of hydrogen-bond donors (Lipinski definition) is 0. The fraction of sp³-hybridized carbons (Fsp3) is 0.500. The van der Waals surface area contributed by atoms with Crippen LogP contribution in [0.4, 0.5) is 0 Å². The molecule has 62 valence electrons. The van der Waals surface area contributed by atoms with Gasteiger partial charge in [0.25, 0.3) is 0 Å². The van der Waals surface area contributed by atoms with Crippen LogP contribution in [-0.2, 0) is 0 Å². The predicted molar refractivity (Wildman–Crippen MR) is 57.8 cm³/mol. The van der Waals surface area contributed by atoms with Crippen LogP contribution in [0, 0.1) is 0 Å². The fourth-order valence-electron chi connectivity index (χ4n) is 0.753. The smallest absolute Gasteiger partial charge is 0.0647 e. The molecule has 0 amide bonds. The van der Waals surface area contributed by atoms with Gasteiger partial charge in [0, 0.05) is 10.3 Å². The monoisotopic (exact) mass is 250 g/mol. The van der Waals surface area contributed by atoms with Crippen molar-refractivity contribution in [2.45, 2.75) is 28.8 Å². The molecule has 1 unspecified atom stereocenters. The molecule has 0 aromatic carbocycles. The van der Waals surface area contributed by atoms with Gasteiger partial charge in [-0.2, -0.15) is 11.3 Å². The molecule has 0 spiro atoms. The third-order valence-electron chi connectivity index (χ3n) is 1.27. The first-order chi connectivity index (χ1) is 5.33. The zero-order valence-electron chi connectivity index (χ0n) is 6.42. The summed E-state index contributed by atoms with van der Waals surface area (Å²) in [5.41, 5.74) is 0. The molecule has 1 aromatic rings. The summed E-state index contributed by atoms with van der Waals surface area (Å²) < 4.78 is 0.585. The van der Waals surface area contributed by atoms with E-state index in [1.807, 2.05) is 11.8 Å². The Hall–Kier alpha value is 0.530. The second kappa shape index (κ2) is 5.22. The van der Waals surface area contributed by atoms with Crippen LogP contribution in [0.5, 0.6) is 0 Å². The minimum Gasteiger partial charge on any atom is -0.151 e. The normalized spacial score (nSPS) is 13.3. The van der Waals surface area contributed by atoms with Crippen LogP contribution in [0.2, 0.25) is 0 Å². The van der Waals surface area contributed by atoms with E-state index in [-0.39, 0.29) is 0 Å². The maximum absolute atomic E-state index is 3.63. The van der Waals surface area contributed by atoms with Crippen molar-refractivity contribution in [3.63, 3.8) is 0 Å². The largest absolute Gasteiger partial charge is 0.151 e. The first-order valence-electron chi connectivity index (χ1n) is 3.66. The Bertz CT molecular complexity index is 184. The topological polar surface area (TPSA) is 0 Å². The third kappa shape index (κ3) is 3.63. The van der Waals surface area contributed by atoms with Gasteiger partial charge >= 0.3 is 0 Å². The highest BCUT2D eigenvalue weighted by Gasteiger charge is 2.03. The summed E-state index contributed by atoms with van der Waals surface area (Å²) in [6, 6.07) is 2.17. The standard InChI is InChI=1S/C8H11BrS2/c1-2-3-8(9)11-7-4-5-10-6-7/h4-6,8H,2-3H2,1H3. The summed E-state index contributed by atoms with van der Waals surface area (Å²) in [5.74, 6) is 0. The number of hydrogen-bond acceptors (Lipinski definition) is 2. The molecule has 1 aromatic heterocycles. The van der Waals surface area contributed by atoms with Crippen LogP contribution in [0.15, 0.2) is 21.7 Å². The molecule has 0 aliphatic rings. The van der Waals surface area contributed by atoms with Crippen LogP contribution in [0.3, 0.4) is 0 Å². The van der Waals surface area contributed by atoms with Gasteiger partial charge in [0.2, 0.25) is 0 Å². The Labute approximate surface area is 84.5 Å². The van der Waals surface area contributed by atoms with E-state index in [2.05, 4.69) is 39.7 Å². The van der Waals surface area contributed by atoms with Crippen LogP contribution in [0.25, 0.3) is 0 Å². The number of alkyl halides is 1. The van der Waals surface area contributed by atoms with E-state index in [0.717, 1.165) is 0 Å². The molecule has 1 heterocycles. The minimum atomic E-state index is 0.585. The zero-order chi connectivity index (χ0) is 8.10. The molecule has 0 fully saturated rings. The highest BCUT2D eigenvalue weighted by Crippen LogP contribution is 2.31. The zero-order valence-corrected chi connectivity index (χ0v) is 9.64. The first-order valence-corrected chi connectivity index (χ1v) is 6.39. The van der Waals surface area contributed by atoms with E-state index in [1.54, 1.807) is 11.3 Å². The van der Waals surface area contributed by atoms with E-state index in [1.165, 1.54) is 17.7 Å². The lowest BCUT2D eigenvalue weighted by molar-refractivity contribution is 0.876. The van der Waals surface area contributed by atoms with Crippen LogP contribution >= 0.6 is 39.0 Å². The van der Waals surface area contributed by atoms with Crippen LogP contribution < -0.4 is 0 Å². The number of rotatable bonds is 4. The van der Waals surface area contributed by atoms with E-state index >= 15 is 0 Å². The van der Waals surface area contributed by atoms with Crippen molar-refractivity contribution in [1.29, 1.82) is 0 Å². The quantitative estimate of drug-likeness (QED) is 0.566. The molecular weight excluding hydrogens is 240 g/mol. The van der Waals surface area contributed by atoms with Crippen LogP contribution in [0.1, 0.15) is 19.8 Å². The molecule has 0 saturated heterocycles. The molecule has 1 atom stereocenters. The maximum Gasteiger partial charge on any atom is 0.0647 e. The molecule has 0 bridgehead atoms. The summed E-state index contributed by atoms with van der Waals surface area (Å²) >= 11 is 7.29. The summed E-state index contributed by atoms with van der Waals surface area (Å²) in [6.45, 7) is 2.21. The van der Waals surface area contributed by atoms with Crippen molar-refractivity contribution in [2.75, 3.05) is 0 Å². The Morgan fingerprint density at radius 1 is 1.73 bits per heavy atom. The lowest BCUT2D eigenvalue weighted by Crippen LogP contribution is -1.87. The number of halogens is 1. The van der Waals surface area contributed by atoms with Crippen molar-refractivity contribution >= 4 is 39.0 Å². The second-order valence-electron chi connectivity index (χ2n) is 2.28. The van der Waals surface area contributed by atoms with Crippen molar-refractivity contribution in [3.8, 4) is 0 Å². The lowest BCUT2D eigenvalue weighted by Gasteiger charge is -2.04. The highest BCUT2D eigenvalue weighted by molar-refractivity contribution is 9.11. The van der Waals surface area contributed by atoms with E-state index in [9.17, 15) is 0 Å². The molecule has 0 aliphatic heterocycles. The molecule has 0 N–H and O–H groups in total. The Kier molecular flexibility index (Phi) is 4.57. The summed E-state index contributed by atoms with van der Waals surface area (Å²) in [7, 11) is 0. The van der Waals surface area contributed by atoms with Gasteiger partial charge < -0.3 is 0 Å². The summed E-state index contributed by atoms with van der Waals surface area (Å²) in [6.07, 6.45) is 2.48. The first kappa shape index (κ1) is 9.62. The van der Waals surface area contributed by atoms with Gasteiger partial charge in [0.1, 0.15) is 0 Å².